The van der Waals surface area contributed by atoms with Crippen LogP contribution in [-0.2, 0) is 5.60 Å². The minimum atomic E-state index is -1.58. The Labute approximate surface area is 186 Å². The second kappa shape index (κ2) is 7.77. The molecule has 1 N–H and O–H groups in total. The van der Waals surface area contributed by atoms with Crippen LogP contribution >= 0.6 is 0 Å². The Morgan fingerprint density at radius 2 is 1.06 bits per heavy atom. The molecule has 0 amide bonds. The predicted molar refractivity (Wildman–Crippen MR) is 123 cm³/mol. The summed E-state index contributed by atoms with van der Waals surface area (Å²) in [5.41, 5.74) is 1.48. The topological polar surface area (TPSA) is 54.4 Å². The lowest BCUT2D eigenvalue weighted by Crippen LogP contribution is -2.25. The molecule has 0 aliphatic heterocycles. The lowest BCUT2D eigenvalue weighted by Gasteiger charge is -2.23. The van der Waals surface area contributed by atoms with Gasteiger partial charge in [-0.3, -0.25) is 9.59 Å². The largest absolute Gasteiger partial charge is 0.369 e. The zero-order valence-electron chi connectivity index (χ0n) is 17.1. The minimum absolute atomic E-state index is 0.194. The van der Waals surface area contributed by atoms with Crippen LogP contribution in [0.15, 0.2) is 103 Å². The van der Waals surface area contributed by atoms with Crippen LogP contribution in [0.4, 0.5) is 0 Å². The number of rotatable bonds is 2. The molecule has 0 spiro atoms. The molecule has 0 heterocycles. The van der Waals surface area contributed by atoms with Crippen LogP contribution in [0.3, 0.4) is 0 Å². The van der Waals surface area contributed by atoms with E-state index in [1.165, 1.54) is 0 Å². The van der Waals surface area contributed by atoms with Crippen molar-refractivity contribution in [3.05, 3.63) is 142 Å². The van der Waals surface area contributed by atoms with Gasteiger partial charge >= 0.3 is 0 Å². The first-order chi connectivity index (χ1) is 15.6. The van der Waals surface area contributed by atoms with Gasteiger partial charge in [0.05, 0.1) is 0 Å². The number of carbonyl (C=O) groups excluding carboxylic acids is 2. The molecule has 0 radical (unpaired) electrons. The Bertz CT molecular complexity index is 1370. The summed E-state index contributed by atoms with van der Waals surface area (Å²) in [7, 11) is 0. The first-order valence-electron chi connectivity index (χ1n) is 10.3. The fraction of sp³-hybridized carbons (Fsp3) is 0.0345. The molecular weight excluding hydrogens is 396 g/mol. The molecule has 5 rings (SSSR count). The number of fused-ring (bicyclic) bond motifs is 2. The van der Waals surface area contributed by atoms with Gasteiger partial charge < -0.3 is 5.11 Å². The SMILES string of the molecule is O=C1c2ccccc2C(=O)c2c(C#CC(O)(c3ccccc3)c3ccccc3)cccc21. The van der Waals surface area contributed by atoms with Gasteiger partial charge in [0.25, 0.3) is 0 Å². The summed E-state index contributed by atoms with van der Waals surface area (Å²) in [6, 6.07) is 30.3. The maximum atomic E-state index is 13.3. The van der Waals surface area contributed by atoms with Crippen molar-refractivity contribution in [3.8, 4) is 11.8 Å². The predicted octanol–water partition coefficient (Wildman–Crippen LogP) is 4.75. The van der Waals surface area contributed by atoms with Gasteiger partial charge in [-0.25, -0.2) is 0 Å². The van der Waals surface area contributed by atoms with Gasteiger partial charge in [0.15, 0.2) is 17.2 Å². The number of aliphatic hydroxyl groups is 1. The summed E-state index contributed by atoms with van der Waals surface area (Å²) in [4.78, 5) is 26.3. The highest BCUT2D eigenvalue weighted by atomic mass is 16.3. The fourth-order valence-corrected chi connectivity index (χ4v) is 4.08. The molecule has 0 unspecified atom stereocenters. The van der Waals surface area contributed by atoms with Crippen molar-refractivity contribution in [3.63, 3.8) is 0 Å². The molecule has 4 aromatic rings. The lowest BCUT2D eigenvalue weighted by molar-refractivity contribution is 0.0979. The Balaban J connectivity index is 1.68. The fourth-order valence-electron chi connectivity index (χ4n) is 4.08. The van der Waals surface area contributed by atoms with E-state index in [9.17, 15) is 14.7 Å². The van der Waals surface area contributed by atoms with Crippen molar-refractivity contribution >= 4 is 11.6 Å². The quantitative estimate of drug-likeness (QED) is 0.424. The van der Waals surface area contributed by atoms with Gasteiger partial charge in [-0.1, -0.05) is 109 Å². The van der Waals surface area contributed by atoms with Gasteiger partial charge in [-0.05, 0) is 6.07 Å². The molecule has 0 saturated carbocycles. The van der Waals surface area contributed by atoms with Crippen LogP contribution in [-0.4, -0.2) is 16.7 Å². The lowest BCUT2D eigenvalue weighted by atomic mass is 9.81. The maximum Gasteiger partial charge on any atom is 0.195 e. The smallest absolute Gasteiger partial charge is 0.195 e. The molecule has 3 nitrogen and oxygen atoms in total. The molecule has 152 valence electrons. The van der Waals surface area contributed by atoms with Crippen molar-refractivity contribution in [2.24, 2.45) is 0 Å². The highest BCUT2D eigenvalue weighted by Gasteiger charge is 2.32. The summed E-state index contributed by atoms with van der Waals surface area (Å²) in [5.74, 6) is 5.59. The first kappa shape index (κ1) is 19.7. The summed E-state index contributed by atoms with van der Waals surface area (Å²) >= 11 is 0. The van der Waals surface area contributed by atoms with E-state index < -0.39 is 5.60 Å². The number of hydrogen-bond donors (Lipinski definition) is 1. The minimum Gasteiger partial charge on any atom is -0.369 e. The average molecular weight is 414 g/mol. The van der Waals surface area contributed by atoms with Gasteiger partial charge in [-0.15, -0.1) is 0 Å². The number of ketones is 2. The van der Waals surface area contributed by atoms with Crippen LogP contribution in [0.1, 0.15) is 48.5 Å². The van der Waals surface area contributed by atoms with E-state index in [-0.39, 0.29) is 17.1 Å². The Kier molecular flexibility index (Phi) is 4.78. The van der Waals surface area contributed by atoms with Crippen LogP contribution < -0.4 is 0 Å². The third-order valence-electron chi connectivity index (χ3n) is 5.71. The van der Waals surface area contributed by atoms with Gasteiger partial charge in [0.2, 0.25) is 0 Å². The zero-order valence-corrected chi connectivity index (χ0v) is 17.1. The molecule has 0 aromatic heterocycles. The molecular formula is C29H18O3. The van der Waals surface area contributed by atoms with Gasteiger partial charge in [0, 0.05) is 38.9 Å². The second-order valence-electron chi connectivity index (χ2n) is 7.62. The van der Waals surface area contributed by atoms with Crippen LogP contribution in [0, 0.1) is 11.8 Å². The molecule has 0 atom stereocenters. The number of hydrogen-bond acceptors (Lipinski definition) is 3. The number of carbonyl (C=O) groups is 2. The summed E-state index contributed by atoms with van der Waals surface area (Å²) in [6.45, 7) is 0. The van der Waals surface area contributed by atoms with Crippen LogP contribution in [0.5, 0.6) is 0 Å². The summed E-state index contributed by atoms with van der Waals surface area (Å²) in [5, 5.41) is 11.7. The van der Waals surface area contributed by atoms with Crippen molar-refractivity contribution in [2.45, 2.75) is 5.60 Å². The van der Waals surface area contributed by atoms with E-state index in [1.807, 2.05) is 60.7 Å². The molecule has 0 bridgehead atoms. The average Bonchev–Trinajstić information content (AvgIpc) is 2.86. The summed E-state index contributed by atoms with van der Waals surface area (Å²) in [6.07, 6.45) is 0. The van der Waals surface area contributed by atoms with E-state index in [4.69, 9.17) is 0 Å². The molecule has 1 aliphatic rings. The maximum absolute atomic E-state index is 13.3. The second-order valence-corrected chi connectivity index (χ2v) is 7.62. The third kappa shape index (κ3) is 3.15. The highest BCUT2D eigenvalue weighted by molar-refractivity contribution is 6.29. The van der Waals surface area contributed by atoms with Crippen molar-refractivity contribution in [1.29, 1.82) is 0 Å². The molecule has 0 fully saturated rings. The normalized spacial score (nSPS) is 12.4. The Hall–Kier alpha value is -4.26. The van der Waals surface area contributed by atoms with E-state index in [2.05, 4.69) is 11.8 Å². The van der Waals surface area contributed by atoms with Gasteiger partial charge in [0.1, 0.15) is 0 Å². The molecule has 1 aliphatic carbocycles. The van der Waals surface area contributed by atoms with E-state index in [0.29, 0.717) is 33.4 Å². The highest BCUT2D eigenvalue weighted by Crippen LogP contribution is 2.31. The van der Waals surface area contributed by atoms with E-state index in [0.717, 1.165) is 0 Å². The standard InChI is InChI=1S/C29H18O3/c30-27-23-15-7-8-16-24(23)28(31)26-20(10-9-17-25(26)27)18-19-29(32,21-11-3-1-4-12-21)22-13-5-2-6-14-22/h1-17,32H. The Morgan fingerprint density at radius 3 is 1.66 bits per heavy atom. The Morgan fingerprint density at radius 1 is 0.562 bits per heavy atom. The number of benzene rings is 4. The van der Waals surface area contributed by atoms with Crippen molar-refractivity contribution in [2.75, 3.05) is 0 Å². The van der Waals surface area contributed by atoms with Crippen molar-refractivity contribution < 1.29 is 14.7 Å². The monoisotopic (exact) mass is 414 g/mol. The van der Waals surface area contributed by atoms with E-state index in [1.54, 1.807) is 42.5 Å². The van der Waals surface area contributed by atoms with E-state index >= 15 is 0 Å². The van der Waals surface area contributed by atoms with Gasteiger partial charge in [-0.2, -0.15) is 0 Å². The molecule has 32 heavy (non-hydrogen) atoms. The molecule has 3 heteroatoms. The summed E-state index contributed by atoms with van der Waals surface area (Å²) < 4.78 is 0. The van der Waals surface area contributed by atoms with Crippen LogP contribution in [0.25, 0.3) is 0 Å². The molecule has 0 saturated heterocycles. The molecule has 4 aromatic carbocycles. The third-order valence-corrected chi connectivity index (χ3v) is 5.71. The van der Waals surface area contributed by atoms with Crippen LogP contribution in [0.2, 0.25) is 0 Å². The first-order valence-corrected chi connectivity index (χ1v) is 10.3. The van der Waals surface area contributed by atoms with Crippen molar-refractivity contribution in [1.82, 2.24) is 0 Å². The zero-order chi connectivity index (χ0) is 22.1.